The Hall–Kier alpha value is -1.22. The van der Waals surface area contributed by atoms with Gasteiger partial charge in [0.05, 0.1) is 17.2 Å². The minimum absolute atomic E-state index is 0.154. The predicted molar refractivity (Wildman–Crippen MR) is 85.0 cm³/mol. The topological polar surface area (TPSA) is 21.3 Å². The SMILES string of the molecule is CNC(Cc1ccccc1OC)c1ccc(Cl)c(Cl)c1. The number of para-hydroxylation sites is 1. The van der Waals surface area contributed by atoms with Gasteiger partial charge >= 0.3 is 0 Å². The molecule has 0 saturated heterocycles. The van der Waals surface area contributed by atoms with Gasteiger partial charge in [0, 0.05) is 6.04 Å². The highest BCUT2D eigenvalue weighted by Gasteiger charge is 2.14. The lowest BCUT2D eigenvalue weighted by Gasteiger charge is -2.19. The first-order chi connectivity index (χ1) is 9.65. The molecule has 4 heteroatoms. The van der Waals surface area contributed by atoms with Gasteiger partial charge in [0.2, 0.25) is 0 Å². The van der Waals surface area contributed by atoms with Crippen LogP contribution < -0.4 is 10.1 Å². The summed E-state index contributed by atoms with van der Waals surface area (Å²) in [5.41, 5.74) is 2.26. The van der Waals surface area contributed by atoms with E-state index in [1.165, 1.54) is 0 Å². The van der Waals surface area contributed by atoms with Crippen LogP contribution in [0.15, 0.2) is 42.5 Å². The quantitative estimate of drug-likeness (QED) is 0.877. The Morgan fingerprint density at radius 2 is 1.85 bits per heavy atom. The van der Waals surface area contributed by atoms with Crippen LogP contribution in [0.5, 0.6) is 5.75 Å². The van der Waals surface area contributed by atoms with Crippen molar-refractivity contribution in [3.8, 4) is 5.75 Å². The molecule has 2 rings (SSSR count). The maximum atomic E-state index is 6.09. The van der Waals surface area contributed by atoms with Crippen molar-refractivity contribution < 1.29 is 4.74 Å². The zero-order valence-corrected chi connectivity index (χ0v) is 13.0. The molecule has 2 aromatic rings. The van der Waals surface area contributed by atoms with Crippen LogP contribution in [0.25, 0.3) is 0 Å². The molecule has 20 heavy (non-hydrogen) atoms. The summed E-state index contributed by atoms with van der Waals surface area (Å²) >= 11 is 12.1. The van der Waals surface area contributed by atoms with Crippen LogP contribution in [0.3, 0.4) is 0 Å². The minimum atomic E-state index is 0.154. The van der Waals surface area contributed by atoms with Crippen molar-refractivity contribution in [1.82, 2.24) is 5.32 Å². The van der Waals surface area contributed by atoms with E-state index >= 15 is 0 Å². The van der Waals surface area contributed by atoms with Crippen LogP contribution in [0, 0.1) is 0 Å². The molecule has 1 atom stereocenters. The predicted octanol–water partition coefficient (Wildman–Crippen LogP) is 4.51. The van der Waals surface area contributed by atoms with E-state index in [-0.39, 0.29) is 6.04 Å². The Balaban J connectivity index is 2.26. The Morgan fingerprint density at radius 1 is 1.10 bits per heavy atom. The van der Waals surface area contributed by atoms with E-state index < -0.39 is 0 Å². The van der Waals surface area contributed by atoms with E-state index in [1.807, 2.05) is 43.4 Å². The normalized spacial score (nSPS) is 12.2. The van der Waals surface area contributed by atoms with Crippen molar-refractivity contribution in [2.75, 3.05) is 14.2 Å². The van der Waals surface area contributed by atoms with E-state index in [0.29, 0.717) is 10.0 Å². The van der Waals surface area contributed by atoms with Gasteiger partial charge in [-0.3, -0.25) is 0 Å². The summed E-state index contributed by atoms with van der Waals surface area (Å²) in [6.45, 7) is 0. The molecule has 0 amide bonds. The summed E-state index contributed by atoms with van der Waals surface area (Å²) in [6.07, 6.45) is 0.818. The van der Waals surface area contributed by atoms with Crippen molar-refractivity contribution in [3.05, 3.63) is 63.6 Å². The first kappa shape index (κ1) is 15.2. The van der Waals surface area contributed by atoms with Gasteiger partial charge in [-0.15, -0.1) is 0 Å². The number of rotatable bonds is 5. The highest BCUT2D eigenvalue weighted by molar-refractivity contribution is 6.42. The molecule has 0 aliphatic heterocycles. The van der Waals surface area contributed by atoms with E-state index in [1.54, 1.807) is 7.11 Å². The third-order valence-electron chi connectivity index (χ3n) is 3.31. The number of nitrogens with one attached hydrogen (secondary N) is 1. The van der Waals surface area contributed by atoms with Gasteiger partial charge in [0.25, 0.3) is 0 Å². The Kier molecular flexibility index (Phi) is 5.30. The Bertz CT molecular complexity index is 586. The number of hydrogen-bond donors (Lipinski definition) is 1. The second kappa shape index (κ2) is 6.98. The summed E-state index contributed by atoms with van der Waals surface area (Å²) in [4.78, 5) is 0. The average Bonchev–Trinajstić information content (AvgIpc) is 2.48. The van der Waals surface area contributed by atoms with Gasteiger partial charge in [-0.1, -0.05) is 47.5 Å². The second-order valence-corrected chi connectivity index (χ2v) is 5.35. The summed E-state index contributed by atoms with van der Waals surface area (Å²) in [5, 5.41) is 4.45. The molecule has 1 N–H and O–H groups in total. The molecule has 1 unspecified atom stereocenters. The van der Waals surface area contributed by atoms with Gasteiger partial charge < -0.3 is 10.1 Å². The number of likely N-dealkylation sites (N-methyl/N-ethyl adjacent to an activating group) is 1. The zero-order chi connectivity index (χ0) is 14.5. The number of methoxy groups -OCH3 is 1. The van der Waals surface area contributed by atoms with Crippen LogP contribution in [0.2, 0.25) is 10.0 Å². The molecule has 106 valence electrons. The number of hydrogen-bond acceptors (Lipinski definition) is 2. The molecule has 0 spiro atoms. The summed E-state index contributed by atoms with van der Waals surface area (Å²) < 4.78 is 5.39. The smallest absolute Gasteiger partial charge is 0.122 e. The number of benzene rings is 2. The third kappa shape index (κ3) is 3.45. The number of halogens is 2. The molecule has 0 aliphatic carbocycles. The van der Waals surface area contributed by atoms with Gasteiger partial charge in [0.1, 0.15) is 5.75 Å². The van der Waals surface area contributed by atoms with Crippen molar-refractivity contribution in [3.63, 3.8) is 0 Å². The van der Waals surface area contributed by atoms with E-state index in [4.69, 9.17) is 27.9 Å². The van der Waals surface area contributed by atoms with Crippen LogP contribution in [-0.4, -0.2) is 14.2 Å². The van der Waals surface area contributed by atoms with Gasteiger partial charge in [0.15, 0.2) is 0 Å². The van der Waals surface area contributed by atoms with Crippen LogP contribution >= 0.6 is 23.2 Å². The molecule has 2 aromatic carbocycles. The standard InChI is InChI=1S/C16H17Cl2NO/c1-19-15(11-7-8-13(17)14(18)9-11)10-12-5-3-4-6-16(12)20-2/h3-9,15,19H,10H2,1-2H3. The Morgan fingerprint density at radius 3 is 2.50 bits per heavy atom. The highest BCUT2D eigenvalue weighted by Crippen LogP contribution is 2.29. The van der Waals surface area contributed by atoms with Crippen LogP contribution in [-0.2, 0) is 6.42 Å². The van der Waals surface area contributed by atoms with Crippen LogP contribution in [0.4, 0.5) is 0 Å². The van der Waals surface area contributed by atoms with Crippen molar-refractivity contribution >= 4 is 23.2 Å². The van der Waals surface area contributed by atoms with Crippen LogP contribution in [0.1, 0.15) is 17.2 Å². The molecule has 0 heterocycles. The van der Waals surface area contributed by atoms with E-state index in [9.17, 15) is 0 Å². The molecule has 0 aromatic heterocycles. The fourth-order valence-corrected chi connectivity index (χ4v) is 2.51. The molecular weight excluding hydrogens is 293 g/mol. The molecular formula is C16H17Cl2NO. The van der Waals surface area contributed by atoms with E-state index in [0.717, 1.165) is 23.3 Å². The molecule has 0 aliphatic rings. The average molecular weight is 310 g/mol. The summed E-state index contributed by atoms with van der Waals surface area (Å²) in [7, 11) is 3.62. The summed E-state index contributed by atoms with van der Waals surface area (Å²) in [6, 6.07) is 13.9. The Labute approximate surface area is 129 Å². The monoisotopic (exact) mass is 309 g/mol. The fourth-order valence-electron chi connectivity index (χ4n) is 2.21. The highest BCUT2D eigenvalue weighted by atomic mass is 35.5. The maximum Gasteiger partial charge on any atom is 0.122 e. The van der Waals surface area contributed by atoms with E-state index in [2.05, 4.69) is 11.4 Å². The molecule has 0 bridgehead atoms. The third-order valence-corrected chi connectivity index (χ3v) is 4.05. The van der Waals surface area contributed by atoms with Crippen molar-refractivity contribution in [1.29, 1.82) is 0 Å². The lowest BCUT2D eigenvalue weighted by Crippen LogP contribution is -2.19. The van der Waals surface area contributed by atoms with Gasteiger partial charge in [-0.25, -0.2) is 0 Å². The fraction of sp³-hybridized carbons (Fsp3) is 0.250. The lowest BCUT2D eigenvalue weighted by atomic mass is 9.98. The van der Waals surface area contributed by atoms with Gasteiger partial charge in [-0.2, -0.15) is 0 Å². The minimum Gasteiger partial charge on any atom is -0.496 e. The largest absolute Gasteiger partial charge is 0.496 e. The zero-order valence-electron chi connectivity index (χ0n) is 11.5. The van der Waals surface area contributed by atoms with Crippen molar-refractivity contribution in [2.45, 2.75) is 12.5 Å². The molecule has 0 fully saturated rings. The molecule has 2 nitrogen and oxygen atoms in total. The van der Waals surface area contributed by atoms with Crippen molar-refractivity contribution in [2.24, 2.45) is 0 Å². The lowest BCUT2D eigenvalue weighted by molar-refractivity contribution is 0.406. The number of ether oxygens (including phenoxy) is 1. The van der Waals surface area contributed by atoms with Gasteiger partial charge in [-0.05, 0) is 42.8 Å². The summed E-state index contributed by atoms with van der Waals surface area (Å²) in [5.74, 6) is 0.896. The second-order valence-electron chi connectivity index (χ2n) is 4.53. The molecule has 0 saturated carbocycles. The first-order valence-corrected chi connectivity index (χ1v) is 7.15. The maximum absolute atomic E-state index is 6.09. The first-order valence-electron chi connectivity index (χ1n) is 6.39. The molecule has 0 radical (unpaired) electrons.